The minimum atomic E-state index is -2.71. The quantitative estimate of drug-likeness (QED) is 0.158. The van der Waals surface area contributed by atoms with Crippen LogP contribution < -0.4 is 3.27 Å². The summed E-state index contributed by atoms with van der Waals surface area (Å²) in [6, 6.07) is 41.3. The molecule has 0 spiro atoms. The summed E-state index contributed by atoms with van der Waals surface area (Å²) in [5, 5.41) is 0. The van der Waals surface area contributed by atoms with E-state index in [4.69, 9.17) is 0 Å². The molecule has 0 saturated heterocycles. The van der Waals surface area contributed by atoms with Gasteiger partial charge in [0.1, 0.15) is 0 Å². The summed E-state index contributed by atoms with van der Waals surface area (Å²) < 4.78 is 6.22. The first kappa shape index (κ1) is 39.1. The van der Waals surface area contributed by atoms with Crippen molar-refractivity contribution in [3.8, 4) is 33.4 Å². The predicted octanol–water partition coefficient (Wildman–Crippen LogP) is 12.9. The molecule has 5 aromatic rings. The predicted molar refractivity (Wildman–Crippen MR) is 224 cm³/mol. The van der Waals surface area contributed by atoms with Gasteiger partial charge in [0.25, 0.3) is 0 Å². The van der Waals surface area contributed by atoms with Crippen LogP contribution in [0.15, 0.2) is 131 Å². The van der Waals surface area contributed by atoms with Crippen LogP contribution in [0.4, 0.5) is 0 Å². The molecule has 0 aromatic heterocycles. The molecular weight excluding hydrogens is 739 g/mol. The molecule has 0 radical (unpaired) electrons. The summed E-state index contributed by atoms with van der Waals surface area (Å²) in [6.07, 6.45) is 9.22. The number of hydrogen-bond acceptors (Lipinski definition) is 0. The average molecular weight is 791 g/mol. The van der Waals surface area contributed by atoms with E-state index in [1.165, 1.54) is 55.6 Å². The first-order valence-electron chi connectivity index (χ1n) is 18.0. The Morgan fingerprint density at radius 3 is 1.69 bits per heavy atom. The molecule has 3 heteroatoms. The van der Waals surface area contributed by atoms with Crippen LogP contribution >= 0.6 is 24.8 Å². The molecule has 262 valence electrons. The molecule has 0 N–H and O–H groups in total. The van der Waals surface area contributed by atoms with E-state index in [0.29, 0.717) is 0 Å². The van der Waals surface area contributed by atoms with Gasteiger partial charge in [-0.05, 0) is 0 Å². The zero-order chi connectivity index (χ0) is 34.6. The Balaban J connectivity index is 0.00000252. The number of rotatable bonds is 6. The number of fused-ring (bicyclic) bond motifs is 3. The third-order valence-electron chi connectivity index (χ3n) is 10.5. The van der Waals surface area contributed by atoms with Crippen LogP contribution in [0, 0.1) is 0 Å². The molecular formula is C48H52Cl2Zr. The van der Waals surface area contributed by atoms with Gasteiger partial charge in [-0.3, -0.25) is 0 Å². The minimum Gasteiger partial charge on any atom is -0.147 e. The van der Waals surface area contributed by atoms with Gasteiger partial charge >= 0.3 is 305 Å². The van der Waals surface area contributed by atoms with Crippen molar-refractivity contribution in [2.45, 2.75) is 84.5 Å². The smallest absolute Gasteiger partial charge is 0.147 e. The van der Waals surface area contributed by atoms with Crippen LogP contribution in [-0.2, 0) is 43.9 Å². The van der Waals surface area contributed by atoms with Crippen molar-refractivity contribution in [1.29, 1.82) is 0 Å². The SMILES string of the molecule is CC(C)(C)c1cc2c(cc1-c1ccccc1)Cc1c-2cc(C(C)(C)C)c(-c2ccccc2)[c]1/[Zr](=[CH]\C(C)(C)c1ccccc1)[C]1=CC=CC1.Cl.Cl. The fourth-order valence-electron chi connectivity index (χ4n) is 7.93. The van der Waals surface area contributed by atoms with Crippen molar-refractivity contribution in [1.82, 2.24) is 0 Å². The molecule has 7 rings (SSSR count). The number of benzene rings is 5. The van der Waals surface area contributed by atoms with E-state index in [0.717, 1.165) is 12.8 Å². The van der Waals surface area contributed by atoms with Crippen LogP contribution in [0.1, 0.15) is 89.6 Å². The summed E-state index contributed by atoms with van der Waals surface area (Å²) in [4.78, 5) is 0. The molecule has 0 saturated carbocycles. The normalized spacial score (nSPS) is 14.0. The van der Waals surface area contributed by atoms with E-state index >= 15 is 0 Å². The second-order valence-corrected chi connectivity index (χ2v) is 22.2. The van der Waals surface area contributed by atoms with E-state index in [1.807, 2.05) is 0 Å². The molecule has 0 fully saturated rings. The number of halogens is 2. The van der Waals surface area contributed by atoms with Crippen LogP contribution in [0.5, 0.6) is 0 Å². The van der Waals surface area contributed by atoms with E-state index in [1.54, 1.807) is 12.1 Å². The molecule has 0 aliphatic heterocycles. The maximum absolute atomic E-state index is 2.86. The van der Waals surface area contributed by atoms with Crippen molar-refractivity contribution in [2.75, 3.05) is 0 Å². The van der Waals surface area contributed by atoms with Gasteiger partial charge in [-0.2, -0.15) is 0 Å². The summed E-state index contributed by atoms with van der Waals surface area (Å²) in [5.74, 6) is 0. The second kappa shape index (κ2) is 15.1. The topological polar surface area (TPSA) is 0 Å². The Morgan fingerprint density at radius 1 is 0.588 bits per heavy atom. The molecule has 0 atom stereocenters. The number of allylic oxidation sites excluding steroid dienone is 4. The van der Waals surface area contributed by atoms with E-state index in [2.05, 4.69) is 187 Å². The number of hydrogen-bond donors (Lipinski definition) is 0. The summed E-state index contributed by atoms with van der Waals surface area (Å²) in [5.41, 5.74) is 15.7. The summed E-state index contributed by atoms with van der Waals surface area (Å²) in [6.45, 7) is 19.2. The third-order valence-corrected chi connectivity index (χ3v) is 18.3. The van der Waals surface area contributed by atoms with Crippen molar-refractivity contribution >= 4 is 31.8 Å². The molecule has 2 aliphatic rings. The maximum Gasteiger partial charge on any atom is -0.147 e. The molecule has 2 aliphatic carbocycles. The van der Waals surface area contributed by atoms with Gasteiger partial charge < -0.3 is 0 Å². The summed E-state index contributed by atoms with van der Waals surface area (Å²) in [7, 11) is 0. The van der Waals surface area contributed by atoms with Gasteiger partial charge in [-0.1, -0.05) is 0 Å². The second-order valence-electron chi connectivity index (χ2n) is 16.6. The van der Waals surface area contributed by atoms with Gasteiger partial charge in [0.15, 0.2) is 0 Å². The molecule has 0 bridgehead atoms. The average Bonchev–Trinajstić information content (AvgIpc) is 3.75. The fraction of sp³-hybridized carbons (Fsp3) is 0.271. The molecule has 0 heterocycles. The zero-order valence-electron chi connectivity index (χ0n) is 31.4. The van der Waals surface area contributed by atoms with Gasteiger partial charge in [0.05, 0.1) is 0 Å². The van der Waals surface area contributed by atoms with Crippen LogP contribution in [0.3, 0.4) is 0 Å². The van der Waals surface area contributed by atoms with Gasteiger partial charge in [-0.25, -0.2) is 0 Å². The maximum atomic E-state index is 2.86. The van der Waals surface area contributed by atoms with Crippen molar-refractivity contribution in [3.63, 3.8) is 0 Å². The van der Waals surface area contributed by atoms with Crippen molar-refractivity contribution in [3.05, 3.63) is 159 Å². The Bertz CT molecular complexity index is 2120. The molecule has 51 heavy (non-hydrogen) atoms. The Labute approximate surface area is 327 Å². The van der Waals surface area contributed by atoms with Gasteiger partial charge in [0, 0.05) is 0 Å². The molecule has 5 aromatic carbocycles. The largest absolute Gasteiger partial charge is 0.147 e. The Kier molecular flexibility index (Phi) is 11.6. The molecule has 0 amide bonds. The molecule has 0 unspecified atom stereocenters. The van der Waals surface area contributed by atoms with E-state index in [9.17, 15) is 0 Å². The van der Waals surface area contributed by atoms with Crippen LogP contribution in [0.2, 0.25) is 0 Å². The van der Waals surface area contributed by atoms with Crippen LogP contribution in [0.25, 0.3) is 33.4 Å². The first-order chi connectivity index (χ1) is 23.3. The Morgan fingerprint density at radius 2 is 1.14 bits per heavy atom. The Hall–Kier alpha value is -3.09. The van der Waals surface area contributed by atoms with E-state index < -0.39 is 21.3 Å². The van der Waals surface area contributed by atoms with Crippen molar-refractivity contribution < 1.29 is 21.3 Å². The monoisotopic (exact) mass is 788 g/mol. The molecule has 0 nitrogen and oxygen atoms in total. The fourth-order valence-corrected chi connectivity index (χ4v) is 15.9. The van der Waals surface area contributed by atoms with Crippen LogP contribution in [-0.4, -0.2) is 3.71 Å². The van der Waals surface area contributed by atoms with Crippen molar-refractivity contribution in [2.24, 2.45) is 0 Å². The van der Waals surface area contributed by atoms with Gasteiger partial charge in [0.2, 0.25) is 0 Å². The first-order valence-corrected chi connectivity index (χ1v) is 21.8. The standard InChI is InChI=1S/C33H33.C10H12.C5H5.2ClH.Zr/c1-32(2,3)30-20-26-24(18-28(30)22-13-9-7-10-14-22)17-25-19-29(23-15-11-8-12-16-23)31(21-27(25)26)33(4,5)6;1-10(2,3)9-7-5-4-6-8-9;1-2-4-5-3-1;;;/h7-16,18,20-21H,17H2,1-6H3;1,4-8H,2-3H3;1-3H,4H2;2*1H;. The minimum absolute atomic E-state index is 0. The van der Waals surface area contributed by atoms with E-state index in [-0.39, 0.29) is 41.1 Å². The third kappa shape index (κ3) is 7.69. The van der Waals surface area contributed by atoms with Gasteiger partial charge in [-0.15, -0.1) is 24.8 Å². The summed E-state index contributed by atoms with van der Waals surface area (Å²) >= 11 is -2.71. The zero-order valence-corrected chi connectivity index (χ0v) is 35.5.